The van der Waals surface area contributed by atoms with Gasteiger partial charge in [0.2, 0.25) is 0 Å². The fourth-order valence-corrected chi connectivity index (χ4v) is 1.06. The van der Waals surface area contributed by atoms with Gasteiger partial charge in [-0.25, -0.2) is 9.97 Å². The van der Waals surface area contributed by atoms with Crippen molar-refractivity contribution in [1.29, 1.82) is 0 Å². The van der Waals surface area contributed by atoms with E-state index in [1.165, 1.54) is 6.33 Å². The van der Waals surface area contributed by atoms with Crippen molar-refractivity contribution < 1.29 is 0 Å². The molecule has 0 saturated carbocycles. The van der Waals surface area contributed by atoms with Crippen LogP contribution in [0, 0.1) is 0 Å². The van der Waals surface area contributed by atoms with E-state index in [4.69, 9.17) is 5.73 Å². The molecule has 0 unspecified atom stereocenters. The van der Waals surface area contributed by atoms with Crippen molar-refractivity contribution in [3.8, 4) is 0 Å². The molecule has 2 rings (SSSR count). The molecular formula is C8H10N6. The van der Waals surface area contributed by atoms with Crippen LogP contribution in [0.5, 0.6) is 0 Å². The Morgan fingerprint density at radius 3 is 3.07 bits per heavy atom. The third-order valence-corrected chi connectivity index (χ3v) is 1.71. The molecule has 0 atom stereocenters. The first kappa shape index (κ1) is 8.49. The molecule has 0 amide bonds. The topological polar surface area (TPSA) is 92.5 Å². The van der Waals surface area contributed by atoms with E-state index in [1.54, 1.807) is 12.3 Å². The molecule has 14 heavy (non-hydrogen) atoms. The van der Waals surface area contributed by atoms with Gasteiger partial charge in [-0.15, -0.1) is 0 Å². The molecule has 0 saturated heterocycles. The summed E-state index contributed by atoms with van der Waals surface area (Å²) in [4.78, 5) is 7.86. The van der Waals surface area contributed by atoms with Gasteiger partial charge in [0.25, 0.3) is 0 Å². The number of hydrogen-bond acceptors (Lipinski definition) is 5. The molecule has 0 aliphatic rings. The maximum Gasteiger partial charge on any atom is 0.143 e. The second-order valence-corrected chi connectivity index (χ2v) is 2.76. The lowest BCUT2D eigenvalue weighted by atomic mass is 10.4. The van der Waals surface area contributed by atoms with Crippen LogP contribution in [0.15, 0.2) is 24.7 Å². The van der Waals surface area contributed by atoms with Crippen LogP contribution in [0.25, 0.3) is 0 Å². The van der Waals surface area contributed by atoms with Crippen LogP contribution in [-0.2, 0) is 6.54 Å². The molecule has 6 heteroatoms. The smallest absolute Gasteiger partial charge is 0.143 e. The van der Waals surface area contributed by atoms with Crippen molar-refractivity contribution in [3.05, 3.63) is 30.5 Å². The van der Waals surface area contributed by atoms with Gasteiger partial charge in [-0.05, 0) is 6.07 Å². The zero-order valence-corrected chi connectivity index (χ0v) is 7.44. The highest BCUT2D eigenvalue weighted by molar-refractivity contribution is 5.49. The SMILES string of the molecule is Nc1cc(NCc2ncn[nH]2)ccn1. The molecule has 2 aromatic heterocycles. The summed E-state index contributed by atoms with van der Waals surface area (Å²) >= 11 is 0. The highest BCUT2D eigenvalue weighted by atomic mass is 15.2. The minimum absolute atomic E-state index is 0.493. The summed E-state index contributed by atoms with van der Waals surface area (Å²) in [6, 6.07) is 3.60. The van der Waals surface area contributed by atoms with Crippen LogP contribution >= 0.6 is 0 Å². The van der Waals surface area contributed by atoms with Crippen LogP contribution in [0.2, 0.25) is 0 Å². The average Bonchev–Trinajstić information content (AvgIpc) is 2.67. The van der Waals surface area contributed by atoms with Crippen molar-refractivity contribution in [1.82, 2.24) is 20.2 Å². The average molecular weight is 190 g/mol. The molecule has 4 N–H and O–H groups in total. The molecule has 0 bridgehead atoms. The van der Waals surface area contributed by atoms with Crippen molar-refractivity contribution in [3.63, 3.8) is 0 Å². The molecule has 0 radical (unpaired) electrons. The van der Waals surface area contributed by atoms with Gasteiger partial charge in [0.15, 0.2) is 0 Å². The Morgan fingerprint density at radius 1 is 1.43 bits per heavy atom. The number of aromatic nitrogens is 4. The zero-order valence-electron chi connectivity index (χ0n) is 7.44. The first-order chi connectivity index (χ1) is 6.84. The largest absolute Gasteiger partial charge is 0.384 e. The fraction of sp³-hybridized carbons (Fsp3) is 0.125. The maximum absolute atomic E-state index is 5.52. The van der Waals surface area contributed by atoms with E-state index >= 15 is 0 Å². The summed E-state index contributed by atoms with van der Waals surface area (Å²) < 4.78 is 0. The molecule has 6 nitrogen and oxygen atoms in total. The lowest BCUT2D eigenvalue weighted by Crippen LogP contribution is -2.02. The molecule has 0 aliphatic carbocycles. The van der Waals surface area contributed by atoms with Crippen LogP contribution in [0.1, 0.15) is 5.82 Å². The number of pyridine rings is 1. The van der Waals surface area contributed by atoms with Crippen molar-refractivity contribution in [2.24, 2.45) is 0 Å². The number of nitrogens with zero attached hydrogens (tertiary/aromatic N) is 3. The number of nitrogens with one attached hydrogen (secondary N) is 2. The number of rotatable bonds is 3. The Kier molecular flexibility index (Phi) is 2.26. The van der Waals surface area contributed by atoms with Gasteiger partial charge in [0, 0.05) is 18.0 Å². The third-order valence-electron chi connectivity index (χ3n) is 1.71. The summed E-state index contributed by atoms with van der Waals surface area (Å²) in [5, 5.41) is 9.62. The zero-order chi connectivity index (χ0) is 9.80. The highest BCUT2D eigenvalue weighted by Crippen LogP contribution is 2.09. The van der Waals surface area contributed by atoms with E-state index in [0.29, 0.717) is 12.4 Å². The van der Waals surface area contributed by atoms with E-state index in [9.17, 15) is 0 Å². The van der Waals surface area contributed by atoms with Gasteiger partial charge < -0.3 is 11.1 Å². The monoisotopic (exact) mass is 190 g/mol. The Labute approximate surface area is 80.6 Å². The highest BCUT2D eigenvalue weighted by Gasteiger charge is 1.96. The molecule has 0 aliphatic heterocycles. The Balaban J connectivity index is 1.98. The van der Waals surface area contributed by atoms with E-state index < -0.39 is 0 Å². The first-order valence-electron chi connectivity index (χ1n) is 4.14. The van der Waals surface area contributed by atoms with Crippen molar-refractivity contribution in [2.45, 2.75) is 6.54 Å². The third kappa shape index (κ3) is 1.98. The van der Waals surface area contributed by atoms with E-state index in [-0.39, 0.29) is 0 Å². The number of H-pyrrole nitrogens is 1. The van der Waals surface area contributed by atoms with E-state index in [1.807, 2.05) is 6.07 Å². The van der Waals surface area contributed by atoms with Crippen molar-refractivity contribution in [2.75, 3.05) is 11.1 Å². The molecule has 0 fully saturated rings. The summed E-state index contributed by atoms with van der Waals surface area (Å²) in [5.74, 6) is 1.27. The van der Waals surface area contributed by atoms with Crippen LogP contribution in [0.3, 0.4) is 0 Å². The van der Waals surface area contributed by atoms with Crippen molar-refractivity contribution >= 4 is 11.5 Å². The van der Waals surface area contributed by atoms with Gasteiger partial charge in [-0.2, -0.15) is 5.10 Å². The van der Waals surface area contributed by atoms with Crippen LogP contribution in [-0.4, -0.2) is 20.2 Å². The Hall–Kier alpha value is -2.11. The fourth-order valence-electron chi connectivity index (χ4n) is 1.06. The quantitative estimate of drug-likeness (QED) is 0.651. The van der Waals surface area contributed by atoms with Gasteiger partial charge in [0.1, 0.15) is 18.0 Å². The molecule has 0 aromatic carbocycles. The van der Waals surface area contributed by atoms with Gasteiger partial charge in [-0.1, -0.05) is 0 Å². The predicted molar refractivity (Wildman–Crippen MR) is 52.4 cm³/mol. The van der Waals surface area contributed by atoms with Gasteiger partial charge in [0.05, 0.1) is 6.54 Å². The number of anilines is 2. The summed E-state index contributed by atoms with van der Waals surface area (Å²) in [5.41, 5.74) is 6.43. The van der Waals surface area contributed by atoms with Crippen LogP contribution < -0.4 is 11.1 Å². The number of hydrogen-bond donors (Lipinski definition) is 3. The number of nitrogen functional groups attached to an aromatic ring is 1. The first-order valence-corrected chi connectivity index (χ1v) is 4.14. The molecule has 0 spiro atoms. The minimum Gasteiger partial charge on any atom is -0.384 e. The van der Waals surface area contributed by atoms with Gasteiger partial charge in [-0.3, -0.25) is 5.10 Å². The molecular weight excluding hydrogens is 180 g/mol. The predicted octanol–water partition coefficient (Wildman–Crippen LogP) is 0.394. The standard InChI is InChI=1S/C8H10N6/c9-7-3-6(1-2-10-7)11-4-8-12-5-13-14-8/h1-3,5H,4H2,(H3,9,10,11)(H,12,13,14). The summed E-state index contributed by atoms with van der Waals surface area (Å²) in [7, 11) is 0. The summed E-state index contributed by atoms with van der Waals surface area (Å²) in [6.07, 6.45) is 3.12. The number of aromatic amines is 1. The Morgan fingerprint density at radius 2 is 2.36 bits per heavy atom. The number of nitrogens with two attached hydrogens (primary N) is 1. The van der Waals surface area contributed by atoms with Crippen LogP contribution in [0.4, 0.5) is 11.5 Å². The second kappa shape index (κ2) is 3.73. The van der Waals surface area contributed by atoms with Gasteiger partial charge >= 0.3 is 0 Å². The normalized spacial score (nSPS) is 10.0. The van der Waals surface area contributed by atoms with E-state index in [2.05, 4.69) is 25.5 Å². The summed E-state index contributed by atoms with van der Waals surface area (Å²) in [6.45, 7) is 0.587. The molecule has 2 aromatic rings. The lowest BCUT2D eigenvalue weighted by Gasteiger charge is -2.03. The molecule has 72 valence electrons. The second-order valence-electron chi connectivity index (χ2n) is 2.76. The Bertz CT molecular complexity index is 396. The van der Waals surface area contributed by atoms with E-state index in [0.717, 1.165) is 11.5 Å². The minimum atomic E-state index is 0.493. The molecule has 2 heterocycles. The lowest BCUT2D eigenvalue weighted by molar-refractivity contribution is 0.954. The maximum atomic E-state index is 5.52.